The molecule has 0 saturated carbocycles. The van der Waals surface area contributed by atoms with Crippen LogP contribution in [0.15, 0.2) is 71.3 Å². The van der Waals surface area contributed by atoms with Crippen LogP contribution in [0.25, 0.3) is 22.2 Å². The van der Waals surface area contributed by atoms with Crippen LogP contribution in [0.4, 0.5) is 0 Å². The maximum atomic E-state index is 12.4. The molecule has 2 heterocycles. The monoisotopic (exact) mass is 388 g/mol. The number of aryl methyl sites for hydroxylation is 1. The van der Waals surface area contributed by atoms with Crippen LogP contribution >= 0.6 is 0 Å². The highest BCUT2D eigenvalue weighted by Crippen LogP contribution is 2.32. The van der Waals surface area contributed by atoms with Crippen LogP contribution in [0.2, 0.25) is 0 Å². The van der Waals surface area contributed by atoms with Gasteiger partial charge in [-0.3, -0.25) is 4.79 Å². The molecule has 2 aromatic heterocycles. The highest BCUT2D eigenvalue weighted by Gasteiger charge is 2.14. The maximum Gasteiger partial charge on any atom is 0.220 e. The van der Waals surface area contributed by atoms with Crippen molar-refractivity contribution >= 4 is 16.8 Å². The fourth-order valence-electron chi connectivity index (χ4n) is 3.57. The Morgan fingerprint density at radius 3 is 2.62 bits per heavy atom. The van der Waals surface area contributed by atoms with Crippen LogP contribution in [0, 0.1) is 0 Å². The molecule has 148 valence electrons. The van der Waals surface area contributed by atoms with Crippen molar-refractivity contribution in [1.82, 2.24) is 10.3 Å². The molecule has 0 spiro atoms. The van der Waals surface area contributed by atoms with E-state index >= 15 is 0 Å². The zero-order valence-electron chi connectivity index (χ0n) is 16.4. The fraction of sp³-hybridized carbons (Fsp3) is 0.208. The van der Waals surface area contributed by atoms with E-state index in [1.807, 2.05) is 48.5 Å². The van der Waals surface area contributed by atoms with E-state index in [1.165, 1.54) is 0 Å². The second-order valence-corrected chi connectivity index (χ2v) is 6.93. The highest BCUT2D eigenvalue weighted by molar-refractivity contribution is 5.91. The smallest absolute Gasteiger partial charge is 0.220 e. The second kappa shape index (κ2) is 8.69. The Bertz CT molecular complexity index is 1080. The van der Waals surface area contributed by atoms with Crippen molar-refractivity contribution in [3.8, 4) is 17.0 Å². The van der Waals surface area contributed by atoms with Crippen molar-refractivity contribution in [2.75, 3.05) is 13.7 Å². The number of carbonyl (C=O) groups is 1. The third-order valence-electron chi connectivity index (χ3n) is 5.07. The molecule has 5 nitrogen and oxygen atoms in total. The molecule has 0 bridgehead atoms. The predicted octanol–water partition coefficient (Wildman–Crippen LogP) is 4.73. The normalized spacial score (nSPS) is 10.9. The van der Waals surface area contributed by atoms with Gasteiger partial charge in [-0.25, -0.2) is 0 Å². The minimum Gasteiger partial charge on any atom is -0.497 e. The van der Waals surface area contributed by atoms with Crippen LogP contribution in [-0.2, 0) is 17.6 Å². The van der Waals surface area contributed by atoms with E-state index in [0.29, 0.717) is 25.8 Å². The number of rotatable bonds is 8. The molecule has 5 heteroatoms. The molecule has 0 radical (unpaired) electrons. The average molecular weight is 388 g/mol. The van der Waals surface area contributed by atoms with Gasteiger partial charge in [0, 0.05) is 36.0 Å². The SMILES string of the molecule is COc1ccc(-c2[nH]c3ccccc3c2CCC(=O)NCCc2ccco2)cc1. The number of benzene rings is 2. The van der Waals surface area contributed by atoms with Crippen LogP contribution in [0.1, 0.15) is 17.7 Å². The molecule has 1 amide bonds. The Morgan fingerprint density at radius 1 is 1.03 bits per heavy atom. The summed E-state index contributed by atoms with van der Waals surface area (Å²) in [6, 6.07) is 20.0. The van der Waals surface area contributed by atoms with Crippen LogP contribution in [0.5, 0.6) is 5.75 Å². The lowest BCUT2D eigenvalue weighted by molar-refractivity contribution is -0.121. The lowest BCUT2D eigenvalue weighted by atomic mass is 10.0. The van der Waals surface area contributed by atoms with Crippen LogP contribution in [0.3, 0.4) is 0 Å². The number of fused-ring (bicyclic) bond motifs is 1. The molecule has 0 aliphatic heterocycles. The number of aromatic amines is 1. The Kier molecular flexibility index (Phi) is 5.66. The van der Waals surface area contributed by atoms with Gasteiger partial charge in [0.1, 0.15) is 11.5 Å². The van der Waals surface area contributed by atoms with Gasteiger partial charge >= 0.3 is 0 Å². The number of aromatic nitrogens is 1. The number of carbonyl (C=O) groups excluding carboxylic acids is 1. The summed E-state index contributed by atoms with van der Waals surface area (Å²) in [5, 5.41) is 4.13. The highest BCUT2D eigenvalue weighted by atomic mass is 16.5. The largest absolute Gasteiger partial charge is 0.497 e. The molecule has 2 N–H and O–H groups in total. The van der Waals surface area contributed by atoms with Gasteiger partial charge in [-0.1, -0.05) is 18.2 Å². The summed E-state index contributed by atoms with van der Waals surface area (Å²) in [5.74, 6) is 1.74. The van der Waals surface area contributed by atoms with Gasteiger partial charge in [0.2, 0.25) is 5.91 Å². The Balaban J connectivity index is 1.48. The third kappa shape index (κ3) is 4.35. The van der Waals surface area contributed by atoms with E-state index in [2.05, 4.69) is 22.4 Å². The van der Waals surface area contributed by atoms with Crippen molar-refractivity contribution < 1.29 is 13.9 Å². The van der Waals surface area contributed by atoms with Crippen molar-refractivity contribution in [2.45, 2.75) is 19.3 Å². The first kappa shape index (κ1) is 18.9. The number of hydrogen-bond acceptors (Lipinski definition) is 3. The molecule has 0 aliphatic rings. The Hall–Kier alpha value is -3.47. The summed E-state index contributed by atoms with van der Waals surface area (Å²) < 4.78 is 10.6. The summed E-state index contributed by atoms with van der Waals surface area (Å²) in [6.07, 6.45) is 3.44. The third-order valence-corrected chi connectivity index (χ3v) is 5.07. The quantitative estimate of drug-likeness (QED) is 0.459. The summed E-state index contributed by atoms with van der Waals surface area (Å²) in [4.78, 5) is 15.9. The van der Waals surface area contributed by atoms with Gasteiger partial charge in [0.25, 0.3) is 0 Å². The van der Waals surface area contributed by atoms with Crippen LogP contribution in [-0.4, -0.2) is 24.5 Å². The average Bonchev–Trinajstić information content (AvgIpc) is 3.40. The first-order valence-corrected chi connectivity index (χ1v) is 9.77. The lowest BCUT2D eigenvalue weighted by Gasteiger charge is -2.08. The molecule has 0 fully saturated rings. The van der Waals surface area contributed by atoms with Crippen molar-refractivity contribution in [3.63, 3.8) is 0 Å². The van der Waals surface area contributed by atoms with E-state index in [0.717, 1.165) is 39.2 Å². The number of H-pyrrole nitrogens is 1. The number of methoxy groups -OCH3 is 1. The first-order valence-electron chi connectivity index (χ1n) is 9.77. The number of para-hydroxylation sites is 1. The topological polar surface area (TPSA) is 67.3 Å². The molecule has 0 unspecified atom stereocenters. The predicted molar refractivity (Wildman–Crippen MR) is 114 cm³/mol. The number of amides is 1. The molecule has 4 rings (SSSR count). The maximum absolute atomic E-state index is 12.4. The Morgan fingerprint density at radius 2 is 1.86 bits per heavy atom. The van der Waals surface area contributed by atoms with Crippen molar-refractivity contribution in [2.24, 2.45) is 0 Å². The molecular formula is C24H24N2O3. The lowest BCUT2D eigenvalue weighted by Crippen LogP contribution is -2.25. The van der Waals surface area contributed by atoms with Gasteiger partial charge in [-0.2, -0.15) is 0 Å². The first-order chi connectivity index (χ1) is 14.2. The zero-order chi connectivity index (χ0) is 20.1. The molecule has 0 atom stereocenters. The minimum atomic E-state index is 0.0440. The van der Waals surface area contributed by atoms with Crippen molar-refractivity contribution in [1.29, 1.82) is 0 Å². The molecule has 2 aromatic carbocycles. The van der Waals surface area contributed by atoms with Gasteiger partial charge < -0.3 is 19.5 Å². The van der Waals surface area contributed by atoms with Gasteiger partial charge in [-0.05, 0) is 60.0 Å². The molecule has 0 saturated heterocycles. The van der Waals surface area contributed by atoms with Crippen LogP contribution < -0.4 is 10.1 Å². The summed E-state index contributed by atoms with van der Waals surface area (Å²) in [5.41, 5.74) is 4.37. The van der Waals surface area contributed by atoms with E-state index in [1.54, 1.807) is 13.4 Å². The standard InChI is InChI=1S/C24H24N2O3/c1-28-18-10-8-17(9-11-18)24-21(20-6-2-3-7-22(20)26-24)12-13-23(27)25-15-14-19-5-4-16-29-19/h2-11,16,26H,12-15H2,1H3,(H,25,27). The summed E-state index contributed by atoms with van der Waals surface area (Å²) >= 11 is 0. The van der Waals surface area contributed by atoms with E-state index in [-0.39, 0.29) is 5.91 Å². The van der Waals surface area contributed by atoms with Gasteiger partial charge in [-0.15, -0.1) is 0 Å². The van der Waals surface area contributed by atoms with E-state index < -0.39 is 0 Å². The van der Waals surface area contributed by atoms with Gasteiger partial charge in [0.15, 0.2) is 0 Å². The molecular weight excluding hydrogens is 364 g/mol. The van der Waals surface area contributed by atoms with E-state index in [4.69, 9.17) is 9.15 Å². The fourth-order valence-corrected chi connectivity index (χ4v) is 3.57. The number of furan rings is 1. The zero-order valence-corrected chi connectivity index (χ0v) is 16.4. The van der Waals surface area contributed by atoms with Crippen molar-refractivity contribution in [3.05, 3.63) is 78.3 Å². The summed E-state index contributed by atoms with van der Waals surface area (Å²) in [7, 11) is 1.66. The summed E-state index contributed by atoms with van der Waals surface area (Å²) in [6.45, 7) is 0.575. The molecule has 0 aliphatic carbocycles. The van der Waals surface area contributed by atoms with E-state index in [9.17, 15) is 4.79 Å². The molecule has 29 heavy (non-hydrogen) atoms. The number of hydrogen-bond donors (Lipinski definition) is 2. The minimum absolute atomic E-state index is 0.0440. The Labute approximate surface area is 169 Å². The number of nitrogens with one attached hydrogen (secondary N) is 2. The molecule has 4 aromatic rings. The number of ether oxygens (including phenoxy) is 1. The van der Waals surface area contributed by atoms with Gasteiger partial charge in [0.05, 0.1) is 13.4 Å². The second-order valence-electron chi connectivity index (χ2n) is 6.93.